The van der Waals surface area contributed by atoms with E-state index < -0.39 is 23.8 Å². The third kappa shape index (κ3) is 6.79. The highest BCUT2D eigenvalue weighted by atomic mass is 35.5. The van der Waals surface area contributed by atoms with E-state index in [9.17, 15) is 18.0 Å². The molecule has 0 aliphatic carbocycles. The van der Waals surface area contributed by atoms with Gasteiger partial charge in [-0.2, -0.15) is 13.2 Å². The van der Waals surface area contributed by atoms with Crippen LogP contribution >= 0.6 is 12.4 Å². The smallest absolute Gasteiger partial charge is 0.416 e. The van der Waals surface area contributed by atoms with Crippen LogP contribution in [0.3, 0.4) is 0 Å². The molecule has 1 rings (SSSR count). The Morgan fingerprint density at radius 1 is 1.29 bits per heavy atom. The second-order valence-electron chi connectivity index (χ2n) is 4.07. The van der Waals surface area contributed by atoms with Crippen molar-refractivity contribution in [1.82, 2.24) is 0 Å². The van der Waals surface area contributed by atoms with Crippen molar-refractivity contribution in [3.63, 3.8) is 0 Å². The lowest BCUT2D eigenvalue weighted by atomic mass is 10.1. The first-order valence-electron chi connectivity index (χ1n) is 6.00. The summed E-state index contributed by atoms with van der Waals surface area (Å²) in [6.07, 6.45) is -4.36. The molecule has 120 valence electrons. The number of carbonyl (C=O) groups is 1. The Hall–Kier alpha value is -1.31. The fourth-order valence-electron chi connectivity index (χ4n) is 1.41. The molecule has 1 aromatic carbocycles. The van der Waals surface area contributed by atoms with Crippen LogP contribution in [0.5, 0.6) is 0 Å². The topological polar surface area (TPSA) is 61.5 Å². The Labute approximate surface area is 126 Å². The fourth-order valence-corrected chi connectivity index (χ4v) is 1.41. The Morgan fingerprint density at radius 2 is 1.86 bits per heavy atom. The summed E-state index contributed by atoms with van der Waals surface area (Å²) >= 11 is 0. The maximum absolute atomic E-state index is 12.3. The first-order chi connectivity index (χ1) is 9.34. The Morgan fingerprint density at radius 3 is 2.33 bits per heavy atom. The molecule has 0 bridgehead atoms. The van der Waals surface area contributed by atoms with Gasteiger partial charge in [0.1, 0.15) is 6.04 Å². The number of carbonyl (C=O) groups excluding carboxylic acids is 1. The summed E-state index contributed by atoms with van der Waals surface area (Å²) < 4.78 is 46.9. The zero-order valence-electron chi connectivity index (χ0n) is 11.4. The third-order valence-electron chi connectivity index (χ3n) is 2.44. The quantitative estimate of drug-likeness (QED) is 0.816. The van der Waals surface area contributed by atoms with Gasteiger partial charge in [0.2, 0.25) is 0 Å². The van der Waals surface area contributed by atoms with Crippen molar-refractivity contribution in [2.24, 2.45) is 5.73 Å². The van der Waals surface area contributed by atoms with Gasteiger partial charge in [-0.25, -0.2) is 0 Å². The van der Waals surface area contributed by atoms with Gasteiger partial charge in [-0.1, -0.05) is 12.1 Å². The predicted octanol–water partition coefficient (Wildman–Crippen LogP) is 2.53. The fraction of sp³-hybridized carbons (Fsp3) is 0.462. The van der Waals surface area contributed by atoms with Crippen molar-refractivity contribution >= 4 is 18.4 Å². The lowest BCUT2D eigenvalue weighted by Gasteiger charge is -2.11. The minimum Gasteiger partial charge on any atom is -0.465 e. The molecule has 8 heteroatoms. The summed E-state index contributed by atoms with van der Waals surface area (Å²) in [6, 6.07) is 3.69. The number of nitrogens with two attached hydrogens (primary N) is 1. The number of hydrogen-bond donors (Lipinski definition) is 1. The summed E-state index contributed by atoms with van der Waals surface area (Å²) in [5.74, 6) is -0.570. The van der Waals surface area contributed by atoms with E-state index in [2.05, 4.69) is 0 Å². The number of esters is 1. The van der Waals surface area contributed by atoms with Gasteiger partial charge in [0.15, 0.2) is 0 Å². The lowest BCUT2D eigenvalue weighted by molar-refractivity contribution is -0.146. The molecule has 0 radical (unpaired) electrons. The normalized spacial score (nSPS) is 12.4. The van der Waals surface area contributed by atoms with E-state index in [1.807, 2.05) is 0 Å². The maximum atomic E-state index is 12.3. The zero-order chi connectivity index (χ0) is 15.2. The van der Waals surface area contributed by atoms with E-state index in [1.54, 1.807) is 6.92 Å². The number of benzene rings is 1. The Bertz CT molecular complexity index is 437. The first-order valence-corrected chi connectivity index (χ1v) is 6.00. The van der Waals surface area contributed by atoms with E-state index in [0.717, 1.165) is 12.1 Å². The average molecular weight is 328 g/mol. The van der Waals surface area contributed by atoms with Gasteiger partial charge in [-0.15, -0.1) is 12.4 Å². The van der Waals surface area contributed by atoms with Crippen LogP contribution in [0.15, 0.2) is 24.3 Å². The average Bonchev–Trinajstić information content (AvgIpc) is 2.38. The van der Waals surface area contributed by atoms with E-state index >= 15 is 0 Å². The predicted molar refractivity (Wildman–Crippen MR) is 73.0 cm³/mol. The van der Waals surface area contributed by atoms with Crippen molar-refractivity contribution in [2.45, 2.75) is 25.7 Å². The van der Waals surface area contributed by atoms with Crippen molar-refractivity contribution in [3.05, 3.63) is 35.4 Å². The number of halogens is 4. The van der Waals surface area contributed by atoms with E-state index in [4.69, 9.17) is 15.2 Å². The molecule has 0 fully saturated rings. The van der Waals surface area contributed by atoms with Gasteiger partial charge in [0.05, 0.1) is 25.4 Å². The summed E-state index contributed by atoms with van der Waals surface area (Å²) in [4.78, 5) is 11.2. The first kappa shape index (κ1) is 19.7. The van der Waals surface area contributed by atoms with Gasteiger partial charge < -0.3 is 15.2 Å². The molecule has 1 aromatic rings. The molecule has 1 atom stereocenters. The van der Waals surface area contributed by atoms with Gasteiger partial charge in [-0.05, 0) is 24.6 Å². The number of rotatable bonds is 6. The molecule has 0 heterocycles. The molecular formula is C13H17ClF3NO3. The van der Waals surface area contributed by atoms with Gasteiger partial charge in [0.25, 0.3) is 0 Å². The molecule has 0 aromatic heterocycles. The molecule has 2 N–H and O–H groups in total. The van der Waals surface area contributed by atoms with Crippen LogP contribution < -0.4 is 5.73 Å². The van der Waals surface area contributed by atoms with Crippen LogP contribution in [0, 0.1) is 0 Å². The lowest BCUT2D eigenvalue weighted by Crippen LogP contribution is -2.36. The van der Waals surface area contributed by atoms with Gasteiger partial charge in [-0.3, -0.25) is 4.79 Å². The summed E-state index contributed by atoms with van der Waals surface area (Å²) in [6.45, 7) is 1.91. The third-order valence-corrected chi connectivity index (χ3v) is 2.44. The molecular weight excluding hydrogens is 311 g/mol. The van der Waals surface area contributed by atoms with Crippen LogP contribution in [0.4, 0.5) is 13.2 Å². The maximum Gasteiger partial charge on any atom is 0.416 e. The minimum atomic E-state index is -4.36. The molecule has 21 heavy (non-hydrogen) atoms. The highest BCUT2D eigenvalue weighted by Gasteiger charge is 2.29. The molecule has 0 saturated carbocycles. The van der Waals surface area contributed by atoms with Crippen LogP contribution in [0.1, 0.15) is 18.1 Å². The molecule has 0 aliphatic heterocycles. The monoisotopic (exact) mass is 327 g/mol. The number of hydrogen-bond acceptors (Lipinski definition) is 4. The van der Waals surface area contributed by atoms with Gasteiger partial charge >= 0.3 is 12.1 Å². The van der Waals surface area contributed by atoms with Crippen molar-refractivity contribution in [1.29, 1.82) is 0 Å². The number of ether oxygens (including phenoxy) is 2. The second-order valence-corrected chi connectivity index (χ2v) is 4.07. The summed E-state index contributed by atoms with van der Waals surface area (Å²) in [7, 11) is 0. The Balaban J connectivity index is 0.00000400. The highest BCUT2D eigenvalue weighted by Crippen LogP contribution is 2.29. The SMILES string of the molecule is CCOC(=O)C(N)COCc1ccc(C(F)(F)F)cc1.Cl. The highest BCUT2D eigenvalue weighted by molar-refractivity contribution is 5.85. The summed E-state index contributed by atoms with van der Waals surface area (Å²) in [5, 5.41) is 0. The van der Waals surface area contributed by atoms with E-state index in [-0.39, 0.29) is 32.2 Å². The molecule has 4 nitrogen and oxygen atoms in total. The van der Waals surface area contributed by atoms with Gasteiger partial charge in [0, 0.05) is 0 Å². The standard InChI is InChI=1S/C13H16F3NO3.ClH/c1-2-20-12(18)11(17)8-19-7-9-3-5-10(6-4-9)13(14,15)16;/h3-6,11H,2,7-8,17H2,1H3;1H. The molecule has 0 spiro atoms. The van der Waals surface area contributed by atoms with Crippen LogP contribution in [-0.2, 0) is 27.1 Å². The van der Waals surface area contributed by atoms with Crippen molar-refractivity contribution < 1.29 is 27.4 Å². The molecule has 0 saturated heterocycles. The van der Waals surface area contributed by atoms with E-state index in [1.165, 1.54) is 12.1 Å². The van der Waals surface area contributed by atoms with Crippen LogP contribution in [0.25, 0.3) is 0 Å². The second kappa shape index (κ2) is 8.86. The molecule has 0 amide bonds. The van der Waals surface area contributed by atoms with Crippen LogP contribution in [-0.4, -0.2) is 25.2 Å². The Kier molecular flexibility index (Phi) is 8.31. The number of alkyl halides is 3. The van der Waals surface area contributed by atoms with E-state index in [0.29, 0.717) is 5.56 Å². The molecule has 0 aliphatic rings. The zero-order valence-corrected chi connectivity index (χ0v) is 12.2. The summed E-state index contributed by atoms with van der Waals surface area (Å²) in [5.41, 5.74) is 5.35. The minimum absolute atomic E-state index is 0. The van der Waals surface area contributed by atoms with Crippen molar-refractivity contribution in [2.75, 3.05) is 13.2 Å². The van der Waals surface area contributed by atoms with Crippen molar-refractivity contribution in [3.8, 4) is 0 Å². The molecule has 1 unspecified atom stereocenters. The van der Waals surface area contributed by atoms with Crippen LogP contribution in [0.2, 0.25) is 0 Å². The largest absolute Gasteiger partial charge is 0.465 e.